The Balaban J connectivity index is 1.73. The molecule has 0 saturated carbocycles. The van der Waals surface area contributed by atoms with E-state index in [4.69, 9.17) is 16.3 Å². The van der Waals surface area contributed by atoms with Crippen molar-refractivity contribution in [1.29, 1.82) is 0 Å². The van der Waals surface area contributed by atoms with Gasteiger partial charge in [0.2, 0.25) is 10.0 Å². The fraction of sp³-hybridized carbons (Fsp3) is 0.360. The van der Waals surface area contributed by atoms with E-state index >= 15 is 0 Å². The first kappa shape index (κ1) is 25.4. The average Bonchev–Trinajstić information content (AvgIpc) is 3.13. The van der Waals surface area contributed by atoms with Gasteiger partial charge in [0.25, 0.3) is 11.7 Å². The number of nitrogens with zero attached hydrogens (tertiary/aromatic N) is 2. The Hall–Kier alpha value is -2.72. The maximum atomic E-state index is 13.0. The van der Waals surface area contributed by atoms with Gasteiger partial charge in [-0.3, -0.25) is 9.59 Å². The third-order valence-electron chi connectivity index (χ3n) is 6.34. The Morgan fingerprint density at radius 2 is 1.66 bits per heavy atom. The molecule has 0 aliphatic carbocycles. The first-order valence-corrected chi connectivity index (χ1v) is 13.2. The normalized spacial score (nSPS) is 21.0. The molecule has 2 saturated heterocycles. The van der Waals surface area contributed by atoms with Crippen LogP contribution in [0.3, 0.4) is 0 Å². The van der Waals surface area contributed by atoms with Crippen LogP contribution >= 0.6 is 11.6 Å². The summed E-state index contributed by atoms with van der Waals surface area (Å²) in [5.41, 5.74) is 0.780. The largest absolute Gasteiger partial charge is 0.507 e. The molecular formula is C25H27ClN2O6S. The minimum atomic E-state index is -3.64. The highest BCUT2D eigenvalue weighted by Crippen LogP contribution is 2.39. The summed E-state index contributed by atoms with van der Waals surface area (Å²) >= 11 is 6.02. The molecule has 2 fully saturated rings. The lowest BCUT2D eigenvalue weighted by molar-refractivity contribution is -0.140. The van der Waals surface area contributed by atoms with Gasteiger partial charge in [-0.25, -0.2) is 8.42 Å². The van der Waals surface area contributed by atoms with Crippen LogP contribution in [-0.2, 0) is 24.3 Å². The van der Waals surface area contributed by atoms with Gasteiger partial charge in [0, 0.05) is 37.3 Å². The maximum Gasteiger partial charge on any atom is 0.295 e. The van der Waals surface area contributed by atoms with E-state index in [0.29, 0.717) is 23.7 Å². The highest BCUT2D eigenvalue weighted by Gasteiger charge is 2.45. The van der Waals surface area contributed by atoms with E-state index in [1.165, 1.54) is 40.6 Å². The van der Waals surface area contributed by atoms with Crippen LogP contribution in [0.2, 0.25) is 5.02 Å². The molecule has 1 amide bonds. The van der Waals surface area contributed by atoms with Gasteiger partial charge in [-0.1, -0.05) is 30.2 Å². The molecule has 2 aliphatic rings. The van der Waals surface area contributed by atoms with Crippen LogP contribution in [0, 0.1) is 0 Å². The number of Topliss-reactive ketones (excluding diaryl/α,β-unsaturated/α-hetero) is 1. The molecule has 0 spiro atoms. The molecule has 0 bridgehead atoms. The molecule has 8 nitrogen and oxygen atoms in total. The fourth-order valence-electron chi connectivity index (χ4n) is 4.49. The number of ether oxygens (including phenoxy) is 1. The van der Waals surface area contributed by atoms with Crippen molar-refractivity contribution in [3.05, 3.63) is 70.3 Å². The van der Waals surface area contributed by atoms with Crippen molar-refractivity contribution < 1.29 is 27.9 Å². The van der Waals surface area contributed by atoms with Gasteiger partial charge in [0.05, 0.1) is 23.1 Å². The van der Waals surface area contributed by atoms with E-state index in [1.54, 1.807) is 24.3 Å². The van der Waals surface area contributed by atoms with Crippen molar-refractivity contribution in [2.45, 2.75) is 30.2 Å². The number of benzene rings is 2. The summed E-state index contributed by atoms with van der Waals surface area (Å²) in [6, 6.07) is 11.6. The van der Waals surface area contributed by atoms with Gasteiger partial charge in [-0.05, 0) is 54.8 Å². The van der Waals surface area contributed by atoms with Crippen molar-refractivity contribution in [2.24, 2.45) is 0 Å². The Morgan fingerprint density at radius 1 is 1.03 bits per heavy atom. The zero-order valence-electron chi connectivity index (χ0n) is 19.3. The van der Waals surface area contributed by atoms with Crippen molar-refractivity contribution in [3.8, 4) is 0 Å². The van der Waals surface area contributed by atoms with Gasteiger partial charge < -0.3 is 14.7 Å². The second-order valence-corrected chi connectivity index (χ2v) is 10.9. The molecule has 1 atom stereocenters. The number of hydrogen-bond acceptors (Lipinski definition) is 6. The minimum Gasteiger partial charge on any atom is -0.507 e. The highest BCUT2D eigenvalue weighted by atomic mass is 35.5. The Bertz CT molecular complexity index is 1240. The Labute approximate surface area is 209 Å². The van der Waals surface area contributed by atoms with E-state index in [1.807, 2.05) is 0 Å². The summed E-state index contributed by atoms with van der Waals surface area (Å²) < 4.78 is 32.5. The van der Waals surface area contributed by atoms with Crippen LogP contribution in [0.4, 0.5) is 0 Å². The van der Waals surface area contributed by atoms with E-state index in [2.05, 4.69) is 0 Å². The molecule has 0 aromatic heterocycles. The summed E-state index contributed by atoms with van der Waals surface area (Å²) in [5.74, 6) is -1.93. The second kappa shape index (κ2) is 10.5. The summed E-state index contributed by atoms with van der Waals surface area (Å²) in [4.78, 5) is 27.3. The number of hydrogen-bond donors (Lipinski definition) is 1. The molecule has 1 N–H and O–H groups in total. The number of carbonyl (C=O) groups is 2. The number of amides is 1. The standard InChI is InChI=1S/C25H27ClN2O6S/c1-34-16-15-28-22(17-5-9-19(26)10-6-17)21(24(30)25(28)31)23(29)18-7-11-20(12-8-18)35(32,33)27-13-3-2-4-14-27/h5-12,22,29H,2-4,13-16H2,1H3/b23-21+. The SMILES string of the molecule is COCCN1C(=O)C(=O)/C(=C(/O)c2ccc(S(=O)(=O)N3CCCCC3)cc2)C1c1ccc(Cl)cc1. The first-order valence-electron chi connectivity index (χ1n) is 11.4. The minimum absolute atomic E-state index is 0.0694. The molecule has 35 heavy (non-hydrogen) atoms. The topological polar surface area (TPSA) is 104 Å². The Kier molecular flexibility index (Phi) is 7.61. The zero-order chi connectivity index (χ0) is 25.2. The van der Waals surface area contributed by atoms with E-state index in [9.17, 15) is 23.1 Å². The summed E-state index contributed by atoms with van der Waals surface area (Å²) in [6.07, 6.45) is 2.66. The lowest BCUT2D eigenvalue weighted by atomic mass is 9.95. The summed E-state index contributed by atoms with van der Waals surface area (Å²) in [6.45, 7) is 1.32. The predicted molar refractivity (Wildman–Crippen MR) is 131 cm³/mol. The summed E-state index contributed by atoms with van der Waals surface area (Å²) in [7, 11) is -2.15. The number of rotatable bonds is 7. The molecule has 4 rings (SSSR count). The maximum absolute atomic E-state index is 13.0. The van der Waals surface area contributed by atoms with E-state index in [-0.39, 0.29) is 34.9 Å². The van der Waals surface area contributed by atoms with Gasteiger partial charge in [0.1, 0.15) is 5.76 Å². The van der Waals surface area contributed by atoms with E-state index < -0.39 is 27.8 Å². The molecule has 186 valence electrons. The number of halogens is 1. The Morgan fingerprint density at radius 3 is 2.26 bits per heavy atom. The molecule has 2 heterocycles. The van der Waals surface area contributed by atoms with Gasteiger partial charge >= 0.3 is 0 Å². The molecule has 2 aromatic carbocycles. The lowest BCUT2D eigenvalue weighted by Gasteiger charge is -2.26. The van der Waals surface area contributed by atoms with Crippen molar-refractivity contribution in [3.63, 3.8) is 0 Å². The molecule has 1 unspecified atom stereocenters. The van der Waals surface area contributed by atoms with E-state index in [0.717, 1.165) is 19.3 Å². The quantitative estimate of drug-likeness (QED) is 0.341. The van der Waals surface area contributed by atoms with Gasteiger partial charge in [-0.2, -0.15) is 4.31 Å². The molecule has 2 aromatic rings. The third-order valence-corrected chi connectivity index (χ3v) is 8.51. The van der Waals surface area contributed by atoms with Crippen LogP contribution in [0.15, 0.2) is 59.0 Å². The zero-order valence-corrected chi connectivity index (χ0v) is 20.9. The highest BCUT2D eigenvalue weighted by molar-refractivity contribution is 7.89. The molecular weight excluding hydrogens is 492 g/mol. The number of sulfonamides is 1. The first-order chi connectivity index (χ1) is 16.8. The fourth-order valence-corrected chi connectivity index (χ4v) is 6.13. The number of methoxy groups -OCH3 is 1. The van der Waals surface area contributed by atoms with Gasteiger partial charge in [0.15, 0.2) is 0 Å². The predicted octanol–water partition coefficient (Wildman–Crippen LogP) is 3.58. The molecule has 2 aliphatic heterocycles. The van der Waals surface area contributed by atoms with Gasteiger partial charge in [-0.15, -0.1) is 0 Å². The molecule has 0 radical (unpaired) electrons. The van der Waals surface area contributed by atoms with Crippen LogP contribution in [-0.4, -0.2) is 67.8 Å². The van der Waals surface area contributed by atoms with Crippen molar-refractivity contribution in [1.82, 2.24) is 9.21 Å². The average molecular weight is 519 g/mol. The number of likely N-dealkylation sites (tertiary alicyclic amines) is 1. The van der Waals surface area contributed by atoms with Crippen molar-refractivity contribution >= 4 is 39.1 Å². The molecule has 10 heteroatoms. The number of aliphatic hydroxyl groups excluding tert-OH is 1. The number of aliphatic hydroxyl groups is 1. The van der Waals surface area contributed by atoms with Crippen LogP contribution < -0.4 is 0 Å². The van der Waals surface area contributed by atoms with Crippen LogP contribution in [0.5, 0.6) is 0 Å². The van der Waals surface area contributed by atoms with Crippen molar-refractivity contribution in [2.75, 3.05) is 33.4 Å². The second-order valence-electron chi connectivity index (χ2n) is 8.53. The smallest absolute Gasteiger partial charge is 0.295 e. The van der Waals surface area contributed by atoms with Crippen LogP contribution in [0.25, 0.3) is 5.76 Å². The summed E-state index contributed by atoms with van der Waals surface area (Å²) in [5, 5.41) is 11.6. The van der Waals surface area contributed by atoms with Crippen LogP contribution in [0.1, 0.15) is 36.4 Å². The monoisotopic (exact) mass is 518 g/mol. The number of carbonyl (C=O) groups excluding carboxylic acids is 2. The third kappa shape index (κ3) is 4.99. The lowest BCUT2D eigenvalue weighted by Crippen LogP contribution is -2.35. The number of piperidine rings is 1. The number of ketones is 1.